The van der Waals surface area contributed by atoms with Gasteiger partial charge in [0.15, 0.2) is 0 Å². The summed E-state index contributed by atoms with van der Waals surface area (Å²) < 4.78 is 1.66. The number of fused-ring (bicyclic) bond motifs is 1. The van der Waals surface area contributed by atoms with Crippen LogP contribution in [0.4, 0.5) is 0 Å². The molecule has 2 heterocycles. The molecule has 0 amide bonds. The molecule has 0 fully saturated rings. The Morgan fingerprint density at radius 2 is 1.95 bits per heavy atom. The quantitative estimate of drug-likeness (QED) is 0.804. The van der Waals surface area contributed by atoms with Crippen LogP contribution in [0.25, 0.3) is 5.52 Å². The van der Waals surface area contributed by atoms with Crippen LogP contribution in [0.5, 0.6) is 0 Å². The highest BCUT2D eigenvalue weighted by atomic mass is 35.5. The van der Waals surface area contributed by atoms with E-state index in [1.54, 1.807) is 22.7 Å². The molecule has 3 aromatic rings. The Kier molecular flexibility index (Phi) is 3.16. The number of hydrogen-bond acceptors (Lipinski definition) is 2. The molecular formula is C15H11ClN2O2. The predicted octanol–water partition coefficient (Wildman–Crippen LogP) is 3.28. The van der Waals surface area contributed by atoms with Crippen molar-refractivity contribution >= 4 is 23.1 Å². The lowest BCUT2D eigenvalue weighted by molar-refractivity contribution is 0.0688. The van der Waals surface area contributed by atoms with Gasteiger partial charge in [-0.05, 0) is 29.8 Å². The number of aromatic nitrogens is 2. The van der Waals surface area contributed by atoms with Crippen LogP contribution in [0.1, 0.15) is 21.9 Å². The van der Waals surface area contributed by atoms with Crippen molar-refractivity contribution in [1.29, 1.82) is 0 Å². The van der Waals surface area contributed by atoms with Crippen molar-refractivity contribution in [3.63, 3.8) is 0 Å². The third-order valence-electron chi connectivity index (χ3n) is 3.12. The van der Waals surface area contributed by atoms with E-state index in [1.165, 1.54) is 0 Å². The standard InChI is InChI=1S/C15H11ClN2O2/c16-11-6-4-10(5-7-11)8-14-17-9-12-2-1-3-13(15(19)20)18(12)14/h1-7,9H,8H2,(H,19,20). The summed E-state index contributed by atoms with van der Waals surface area (Å²) in [5, 5.41) is 9.94. The fourth-order valence-corrected chi connectivity index (χ4v) is 2.32. The Morgan fingerprint density at radius 1 is 1.20 bits per heavy atom. The highest BCUT2D eigenvalue weighted by Gasteiger charge is 2.12. The first-order valence-electron chi connectivity index (χ1n) is 6.08. The molecule has 0 saturated heterocycles. The highest BCUT2D eigenvalue weighted by molar-refractivity contribution is 6.30. The summed E-state index contributed by atoms with van der Waals surface area (Å²) >= 11 is 5.86. The van der Waals surface area contributed by atoms with Gasteiger partial charge >= 0.3 is 5.97 Å². The molecule has 0 aliphatic heterocycles. The van der Waals surface area contributed by atoms with Crippen molar-refractivity contribution in [3.8, 4) is 0 Å². The first-order valence-corrected chi connectivity index (χ1v) is 6.46. The molecule has 2 aromatic heterocycles. The number of aromatic carboxylic acids is 1. The lowest BCUT2D eigenvalue weighted by Crippen LogP contribution is -2.08. The molecule has 100 valence electrons. The topological polar surface area (TPSA) is 54.6 Å². The van der Waals surface area contributed by atoms with E-state index in [0.717, 1.165) is 11.1 Å². The van der Waals surface area contributed by atoms with Crippen molar-refractivity contribution < 1.29 is 9.90 Å². The van der Waals surface area contributed by atoms with Gasteiger partial charge in [0.1, 0.15) is 11.5 Å². The minimum Gasteiger partial charge on any atom is -0.477 e. The number of carbonyl (C=O) groups is 1. The second-order valence-electron chi connectivity index (χ2n) is 4.45. The molecule has 0 bridgehead atoms. The van der Waals surface area contributed by atoms with Crippen LogP contribution in [0.2, 0.25) is 5.02 Å². The Hall–Kier alpha value is -2.33. The summed E-state index contributed by atoms with van der Waals surface area (Å²) in [5.41, 5.74) is 2.01. The van der Waals surface area contributed by atoms with Crippen molar-refractivity contribution in [3.05, 3.63) is 70.8 Å². The number of hydrogen-bond donors (Lipinski definition) is 1. The minimum atomic E-state index is -0.967. The van der Waals surface area contributed by atoms with Crippen molar-refractivity contribution in [2.45, 2.75) is 6.42 Å². The maximum atomic E-state index is 11.3. The van der Waals surface area contributed by atoms with E-state index in [0.29, 0.717) is 17.3 Å². The van der Waals surface area contributed by atoms with Crippen LogP contribution in [0.3, 0.4) is 0 Å². The number of nitrogens with zero attached hydrogens (tertiary/aromatic N) is 2. The van der Waals surface area contributed by atoms with E-state index in [1.807, 2.05) is 30.3 Å². The summed E-state index contributed by atoms with van der Waals surface area (Å²) in [5.74, 6) is -0.272. The average Bonchev–Trinajstić information content (AvgIpc) is 2.84. The van der Waals surface area contributed by atoms with Crippen molar-refractivity contribution in [2.24, 2.45) is 0 Å². The molecule has 0 radical (unpaired) electrons. The molecule has 0 spiro atoms. The Labute approximate surface area is 120 Å². The first kappa shape index (κ1) is 12.7. The van der Waals surface area contributed by atoms with E-state index in [-0.39, 0.29) is 5.69 Å². The van der Waals surface area contributed by atoms with E-state index >= 15 is 0 Å². The van der Waals surface area contributed by atoms with Crippen LogP contribution >= 0.6 is 11.6 Å². The molecular weight excluding hydrogens is 276 g/mol. The van der Waals surface area contributed by atoms with E-state index in [9.17, 15) is 9.90 Å². The molecule has 0 aliphatic rings. The second-order valence-corrected chi connectivity index (χ2v) is 4.89. The Bertz CT molecular complexity index is 778. The largest absolute Gasteiger partial charge is 0.477 e. The first-order chi connectivity index (χ1) is 9.65. The Morgan fingerprint density at radius 3 is 2.65 bits per heavy atom. The molecule has 0 atom stereocenters. The SMILES string of the molecule is O=C(O)c1cccc2cnc(Cc3ccc(Cl)cc3)n12. The molecule has 0 aliphatic carbocycles. The number of rotatable bonds is 3. The molecule has 20 heavy (non-hydrogen) atoms. The lowest BCUT2D eigenvalue weighted by atomic mass is 10.1. The van der Waals surface area contributed by atoms with Gasteiger partial charge < -0.3 is 5.11 Å². The highest BCUT2D eigenvalue weighted by Crippen LogP contribution is 2.16. The monoisotopic (exact) mass is 286 g/mol. The maximum absolute atomic E-state index is 11.3. The van der Waals surface area contributed by atoms with Gasteiger partial charge in [0.2, 0.25) is 0 Å². The van der Waals surface area contributed by atoms with Crippen LogP contribution < -0.4 is 0 Å². The van der Waals surface area contributed by atoms with Crippen LogP contribution in [-0.4, -0.2) is 20.5 Å². The maximum Gasteiger partial charge on any atom is 0.352 e. The lowest BCUT2D eigenvalue weighted by Gasteiger charge is -2.05. The second kappa shape index (κ2) is 4.98. The molecule has 1 N–H and O–H groups in total. The summed E-state index contributed by atoms with van der Waals surface area (Å²) in [6.07, 6.45) is 2.23. The van der Waals surface area contributed by atoms with E-state index in [4.69, 9.17) is 11.6 Å². The van der Waals surface area contributed by atoms with E-state index in [2.05, 4.69) is 4.98 Å². The smallest absolute Gasteiger partial charge is 0.352 e. The zero-order valence-corrected chi connectivity index (χ0v) is 11.2. The van der Waals surface area contributed by atoms with Gasteiger partial charge in [0, 0.05) is 11.4 Å². The summed E-state index contributed by atoms with van der Waals surface area (Å²) in [6.45, 7) is 0. The molecule has 1 aromatic carbocycles. The van der Waals surface area contributed by atoms with Gasteiger partial charge in [-0.2, -0.15) is 0 Å². The Balaban J connectivity index is 2.07. The molecule has 4 nitrogen and oxygen atoms in total. The van der Waals surface area contributed by atoms with Crippen LogP contribution in [0.15, 0.2) is 48.7 Å². The van der Waals surface area contributed by atoms with Gasteiger partial charge in [-0.1, -0.05) is 29.8 Å². The van der Waals surface area contributed by atoms with E-state index < -0.39 is 5.97 Å². The molecule has 5 heteroatoms. The molecule has 0 unspecified atom stereocenters. The zero-order valence-electron chi connectivity index (χ0n) is 10.5. The summed E-state index contributed by atoms with van der Waals surface area (Å²) in [6, 6.07) is 12.6. The fraction of sp³-hybridized carbons (Fsp3) is 0.0667. The molecule has 3 rings (SSSR count). The van der Waals surface area contributed by atoms with Gasteiger partial charge in [0.25, 0.3) is 0 Å². The van der Waals surface area contributed by atoms with Crippen molar-refractivity contribution in [2.75, 3.05) is 0 Å². The summed E-state index contributed by atoms with van der Waals surface area (Å²) in [7, 11) is 0. The van der Waals surface area contributed by atoms with Gasteiger partial charge in [-0.25, -0.2) is 9.78 Å². The zero-order chi connectivity index (χ0) is 14.1. The minimum absolute atomic E-state index is 0.212. The van der Waals surface area contributed by atoms with Crippen LogP contribution in [0, 0.1) is 0 Å². The van der Waals surface area contributed by atoms with Crippen LogP contribution in [-0.2, 0) is 6.42 Å². The molecule has 0 saturated carbocycles. The normalized spacial score (nSPS) is 10.8. The number of halogens is 1. The number of carboxylic acid groups (broad SMARTS) is 1. The number of benzene rings is 1. The third-order valence-corrected chi connectivity index (χ3v) is 3.37. The third kappa shape index (κ3) is 2.26. The van der Waals surface area contributed by atoms with Gasteiger partial charge in [-0.15, -0.1) is 0 Å². The van der Waals surface area contributed by atoms with Gasteiger partial charge in [-0.3, -0.25) is 4.40 Å². The number of carboxylic acids is 1. The summed E-state index contributed by atoms with van der Waals surface area (Å²) in [4.78, 5) is 15.6. The fourth-order valence-electron chi connectivity index (χ4n) is 2.19. The predicted molar refractivity (Wildman–Crippen MR) is 76.4 cm³/mol. The number of pyridine rings is 1. The van der Waals surface area contributed by atoms with Gasteiger partial charge in [0.05, 0.1) is 11.7 Å². The van der Waals surface area contributed by atoms with Crippen molar-refractivity contribution in [1.82, 2.24) is 9.38 Å². The number of imidazole rings is 1. The average molecular weight is 287 g/mol.